The van der Waals surface area contributed by atoms with E-state index in [4.69, 9.17) is 19.5 Å². The van der Waals surface area contributed by atoms with Crippen LogP contribution < -0.4 is 9.64 Å². The Morgan fingerprint density at radius 1 is 0.936 bits per heavy atom. The summed E-state index contributed by atoms with van der Waals surface area (Å²) in [6.07, 6.45) is 6.97. The fourth-order valence-electron chi connectivity index (χ4n) is 7.42. The van der Waals surface area contributed by atoms with Gasteiger partial charge in [0.2, 0.25) is 0 Å². The summed E-state index contributed by atoms with van der Waals surface area (Å²) in [5.41, 5.74) is 9.67. The van der Waals surface area contributed by atoms with E-state index in [1.165, 1.54) is 42.4 Å². The van der Waals surface area contributed by atoms with Crippen molar-refractivity contribution in [2.24, 2.45) is 10.9 Å². The number of benzene rings is 3. The molecule has 3 aromatic carbocycles. The second-order valence-corrected chi connectivity index (χ2v) is 15.0. The van der Waals surface area contributed by atoms with Crippen molar-refractivity contribution in [3.8, 4) is 11.5 Å². The third kappa shape index (κ3) is 6.17. The van der Waals surface area contributed by atoms with E-state index >= 15 is 0 Å². The maximum atomic E-state index is 6.62. The Balaban J connectivity index is 0.00000386. The van der Waals surface area contributed by atoms with Gasteiger partial charge < -0.3 is 14.4 Å². The first-order valence-electron chi connectivity index (χ1n) is 16.8. The number of nitrogens with zero attached hydrogens (tertiary/aromatic N) is 3. The average Bonchev–Trinajstić information content (AvgIpc) is 3.71. The Kier molecular flexibility index (Phi) is 8.93. The van der Waals surface area contributed by atoms with Crippen LogP contribution in [0.3, 0.4) is 0 Å². The first-order valence-corrected chi connectivity index (χ1v) is 16.8. The number of hydrogen-bond donors (Lipinski definition) is 0. The molecule has 0 saturated heterocycles. The number of aliphatic imine (C=N–C) groups is 1. The van der Waals surface area contributed by atoms with Gasteiger partial charge in [0.25, 0.3) is 0 Å². The number of anilines is 3. The molecule has 3 heterocycles. The van der Waals surface area contributed by atoms with Gasteiger partial charge in [-0.2, -0.15) is 5.56 Å². The van der Waals surface area contributed by atoms with E-state index in [0.29, 0.717) is 29.9 Å². The molecular weight excluding hydrogens is 762 g/mol. The summed E-state index contributed by atoms with van der Waals surface area (Å²) in [6, 6.07) is 24.8. The summed E-state index contributed by atoms with van der Waals surface area (Å²) < 4.78 is 12.8. The van der Waals surface area contributed by atoms with Crippen LogP contribution in [0, 0.1) is 38.8 Å². The molecule has 1 aromatic heterocycles. The van der Waals surface area contributed by atoms with Crippen molar-refractivity contribution < 1.29 is 30.5 Å². The minimum atomic E-state index is -0.216. The molecule has 1 saturated carbocycles. The molecule has 1 atom stereocenters. The van der Waals surface area contributed by atoms with Gasteiger partial charge in [0.05, 0.1) is 12.6 Å². The van der Waals surface area contributed by atoms with Crippen molar-refractivity contribution in [1.82, 2.24) is 4.98 Å². The average molecular weight is 807 g/mol. The maximum Gasteiger partial charge on any atom is 2.00 e. The predicted molar refractivity (Wildman–Crippen MR) is 186 cm³/mol. The van der Waals surface area contributed by atoms with E-state index in [1.807, 2.05) is 18.3 Å². The molecule has 7 rings (SSSR count). The molecule has 0 radical (unpaired) electrons. The molecule has 0 bridgehead atoms. The quantitative estimate of drug-likeness (QED) is 0.189. The number of fused-ring (bicyclic) bond motifs is 2. The maximum absolute atomic E-state index is 6.62. The molecule has 0 amide bonds. The Bertz CT molecular complexity index is 1850. The van der Waals surface area contributed by atoms with E-state index in [9.17, 15) is 0 Å². The van der Waals surface area contributed by atoms with Gasteiger partial charge in [-0.05, 0) is 47.4 Å². The van der Waals surface area contributed by atoms with Gasteiger partial charge in [0.15, 0.2) is 0 Å². The van der Waals surface area contributed by atoms with Crippen LogP contribution >= 0.6 is 0 Å². The molecule has 4 aromatic rings. The van der Waals surface area contributed by atoms with Crippen molar-refractivity contribution in [1.29, 1.82) is 0 Å². The van der Waals surface area contributed by atoms with Gasteiger partial charge in [-0.3, -0.25) is 4.99 Å². The second-order valence-electron chi connectivity index (χ2n) is 15.0. The molecule has 5 nitrogen and oxygen atoms in total. The van der Waals surface area contributed by atoms with E-state index in [0.717, 1.165) is 39.4 Å². The zero-order valence-corrected chi connectivity index (χ0v) is 31.1. The molecule has 0 unspecified atom stereocenters. The normalized spacial score (nSPS) is 18.6. The summed E-state index contributed by atoms with van der Waals surface area (Å²) in [7, 11) is 0. The van der Waals surface area contributed by atoms with Crippen LogP contribution in [-0.2, 0) is 36.6 Å². The summed E-state index contributed by atoms with van der Waals surface area (Å²) in [4.78, 5) is 12.2. The summed E-state index contributed by atoms with van der Waals surface area (Å²) in [5, 5.41) is 0. The van der Waals surface area contributed by atoms with Gasteiger partial charge in [-0.25, -0.2) is 4.98 Å². The third-order valence-electron chi connectivity index (χ3n) is 10.1. The molecule has 1 fully saturated rings. The number of rotatable bonds is 5. The van der Waals surface area contributed by atoms with Gasteiger partial charge in [0.1, 0.15) is 11.7 Å². The zero-order chi connectivity index (χ0) is 32.4. The first kappa shape index (κ1) is 33.5. The molecule has 246 valence electrons. The topological polar surface area (TPSA) is 47.0 Å². The van der Waals surface area contributed by atoms with E-state index in [-0.39, 0.29) is 37.9 Å². The Morgan fingerprint density at radius 2 is 1.70 bits per heavy atom. The van der Waals surface area contributed by atoms with Crippen LogP contribution in [0.5, 0.6) is 11.5 Å². The Morgan fingerprint density at radius 3 is 2.45 bits per heavy atom. The largest absolute Gasteiger partial charge is 2.00 e. The van der Waals surface area contributed by atoms with Crippen molar-refractivity contribution >= 4 is 23.1 Å². The minimum Gasteiger partial charge on any atom is -0.518 e. The van der Waals surface area contributed by atoms with E-state index in [2.05, 4.69) is 109 Å². The van der Waals surface area contributed by atoms with Gasteiger partial charge in [-0.15, -0.1) is 29.8 Å². The van der Waals surface area contributed by atoms with Crippen LogP contribution in [0.25, 0.3) is 0 Å². The molecule has 3 aliphatic rings. The summed E-state index contributed by atoms with van der Waals surface area (Å²) in [5.74, 6) is 3.54. The Hall–Kier alpha value is -3.43. The molecule has 6 heteroatoms. The zero-order valence-electron chi connectivity index (χ0n) is 28.9. The molecule has 47 heavy (non-hydrogen) atoms. The van der Waals surface area contributed by atoms with Crippen molar-refractivity contribution in [2.75, 3.05) is 11.5 Å². The van der Waals surface area contributed by atoms with Crippen LogP contribution in [-0.4, -0.2) is 23.5 Å². The number of hydrogen-bond acceptors (Lipinski definition) is 5. The fraction of sp³-hybridized carbons (Fsp3) is 0.415. The fourth-order valence-corrected chi connectivity index (χ4v) is 7.42. The second kappa shape index (κ2) is 12.5. The monoisotopic (exact) mass is 806 g/mol. The van der Waals surface area contributed by atoms with Crippen LogP contribution in [0.4, 0.5) is 17.2 Å². The molecule has 0 spiro atoms. The standard InChI is InChI=1S/C41H45N3O2.Pt/c1-25-18-30(44-36-16-15-29(40(4,5)6)21-34(36)41(7,8)33-14-11-17-42-38(33)44)22-31(19-25)46-37-23-32(26(2)20-27(37)3)39-43-35(24-45-39)28-12-9-10-13-28;/h11,14-21,28,35H,9-10,12-13,24H2,1-8H3;/q-2;+2/t35-;/m0./s1. The van der Waals surface area contributed by atoms with Gasteiger partial charge in [0, 0.05) is 34.4 Å². The van der Waals surface area contributed by atoms with E-state index in [1.54, 1.807) is 0 Å². The SMILES string of the molecule is Cc1cc(Oc2[c-]c(C3=N[C@H](C4CCCC4)CO3)c(C)cc2C)[c-]c(N2c3ccc(C(C)(C)C)cc3C(C)(C)c3cccnc32)c1.[Pt+2]. The van der Waals surface area contributed by atoms with Gasteiger partial charge >= 0.3 is 21.1 Å². The molecule has 2 aliphatic heterocycles. The summed E-state index contributed by atoms with van der Waals surface area (Å²) in [6.45, 7) is 18.3. The number of aryl methyl sites for hydroxylation is 3. The Labute approximate surface area is 295 Å². The summed E-state index contributed by atoms with van der Waals surface area (Å²) >= 11 is 0. The number of aromatic nitrogens is 1. The van der Waals surface area contributed by atoms with Crippen molar-refractivity contribution in [3.05, 3.63) is 106 Å². The molecular formula is C41H45N3O2Pt. The number of pyridine rings is 1. The molecule has 1 aliphatic carbocycles. The first-order chi connectivity index (χ1) is 21.9. The molecule has 0 N–H and O–H groups in total. The smallest absolute Gasteiger partial charge is 0.518 e. The van der Waals surface area contributed by atoms with Crippen molar-refractivity contribution in [3.63, 3.8) is 0 Å². The van der Waals surface area contributed by atoms with Crippen LogP contribution in [0.1, 0.15) is 99.2 Å². The van der Waals surface area contributed by atoms with Crippen molar-refractivity contribution in [2.45, 2.75) is 97.9 Å². The van der Waals surface area contributed by atoms with Crippen LogP contribution in [0.15, 0.2) is 59.7 Å². The van der Waals surface area contributed by atoms with Crippen LogP contribution in [0.2, 0.25) is 0 Å². The predicted octanol–water partition coefficient (Wildman–Crippen LogP) is 10.1. The number of ether oxygens (including phenoxy) is 2. The third-order valence-corrected chi connectivity index (χ3v) is 10.1. The minimum absolute atomic E-state index is 0. The van der Waals surface area contributed by atoms with E-state index < -0.39 is 0 Å². The van der Waals surface area contributed by atoms with Gasteiger partial charge in [-0.1, -0.05) is 109 Å².